The topological polar surface area (TPSA) is 55.8 Å². The maximum atomic E-state index is 11.8. The second-order valence-electron chi connectivity index (χ2n) is 5.44. The summed E-state index contributed by atoms with van der Waals surface area (Å²) in [5.74, 6) is 0.585. The first-order chi connectivity index (χ1) is 8.52. The molecule has 5 heteroatoms. The third-order valence-electron chi connectivity index (χ3n) is 3.64. The first-order valence-electron chi connectivity index (χ1n) is 6.88. The number of hydrogen-bond acceptors (Lipinski definition) is 4. The Kier molecular flexibility index (Phi) is 6.60. The molecule has 106 valence electrons. The van der Waals surface area contributed by atoms with Crippen LogP contribution >= 0.6 is 0 Å². The lowest BCUT2D eigenvalue weighted by molar-refractivity contribution is -0.123. The molecule has 5 nitrogen and oxygen atoms in total. The molecule has 1 amide bonds. The highest BCUT2D eigenvalue weighted by Crippen LogP contribution is 2.02. The van der Waals surface area contributed by atoms with Crippen LogP contribution in [0.4, 0.5) is 0 Å². The molecule has 2 N–H and O–H groups in total. The van der Waals surface area contributed by atoms with Crippen molar-refractivity contribution < 1.29 is 9.90 Å². The van der Waals surface area contributed by atoms with Crippen LogP contribution in [0.5, 0.6) is 0 Å². The molecule has 1 fully saturated rings. The van der Waals surface area contributed by atoms with Gasteiger partial charge in [-0.15, -0.1) is 0 Å². The van der Waals surface area contributed by atoms with Crippen molar-refractivity contribution in [1.82, 2.24) is 15.1 Å². The van der Waals surface area contributed by atoms with Gasteiger partial charge in [0.15, 0.2) is 0 Å². The minimum atomic E-state index is 0.117. The zero-order chi connectivity index (χ0) is 13.5. The molecule has 0 bridgehead atoms. The molecule has 0 aromatic heterocycles. The lowest BCUT2D eigenvalue weighted by atomic mass is 10.1. The lowest BCUT2D eigenvalue weighted by Gasteiger charge is -2.34. The molecule has 1 aliphatic heterocycles. The Hall–Kier alpha value is -0.650. The molecule has 18 heavy (non-hydrogen) atoms. The summed E-state index contributed by atoms with van der Waals surface area (Å²) in [7, 11) is 0. The minimum absolute atomic E-state index is 0.117. The molecule has 1 unspecified atom stereocenters. The second kappa shape index (κ2) is 7.71. The second-order valence-corrected chi connectivity index (χ2v) is 5.44. The van der Waals surface area contributed by atoms with Gasteiger partial charge in [-0.25, -0.2) is 0 Å². The molecule has 1 aliphatic rings. The quantitative estimate of drug-likeness (QED) is 0.689. The molecule has 1 heterocycles. The van der Waals surface area contributed by atoms with Crippen LogP contribution in [-0.4, -0.2) is 72.7 Å². The number of hydrogen-bond donors (Lipinski definition) is 2. The summed E-state index contributed by atoms with van der Waals surface area (Å²) in [5.41, 5.74) is 0. The number of aliphatic hydroxyl groups excluding tert-OH is 1. The van der Waals surface area contributed by atoms with E-state index in [0.717, 1.165) is 32.7 Å². The summed E-state index contributed by atoms with van der Waals surface area (Å²) in [6.45, 7) is 11.4. The van der Waals surface area contributed by atoms with Crippen molar-refractivity contribution in [3.8, 4) is 0 Å². The van der Waals surface area contributed by atoms with Crippen LogP contribution < -0.4 is 5.32 Å². The van der Waals surface area contributed by atoms with Gasteiger partial charge < -0.3 is 10.4 Å². The first kappa shape index (κ1) is 15.4. The number of nitrogens with one attached hydrogen (secondary N) is 1. The fourth-order valence-electron chi connectivity index (χ4n) is 1.98. The molecule has 0 aliphatic carbocycles. The van der Waals surface area contributed by atoms with Gasteiger partial charge in [0.25, 0.3) is 0 Å². The van der Waals surface area contributed by atoms with Crippen molar-refractivity contribution in [3.05, 3.63) is 0 Å². The average molecular weight is 257 g/mol. The predicted octanol–water partition coefficient (Wildman–Crippen LogP) is -0.243. The van der Waals surface area contributed by atoms with E-state index in [-0.39, 0.29) is 18.6 Å². The van der Waals surface area contributed by atoms with E-state index in [4.69, 9.17) is 5.11 Å². The van der Waals surface area contributed by atoms with E-state index >= 15 is 0 Å². The van der Waals surface area contributed by atoms with Crippen LogP contribution in [-0.2, 0) is 4.79 Å². The minimum Gasteiger partial charge on any atom is -0.395 e. The van der Waals surface area contributed by atoms with Crippen LogP contribution in [0.25, 0.3) is 0 Å². The Morgan fingerprint density at radius 2 is 1.72 bits per heavy atom. The number of carbonyl (C=O) groups is 1. The summed E-state index contributed by atoms with van der Waals surface area (Å²) in [6, 6.07) is 0.230. The van der Waals surface area contributed by atoms with Crippen molar-refractivity contribution in [2.75, 3.05) is 45.9 Å². The molecule has 0 aromatic rings. The van der Waals surface area contributed by atoms with Gasteiger partial charge in [0, 0.05) is 38.8 Å². The maximum absolute atomic E-state index is 11.8. The molecule has 0 radical (unpaired) electrons. The first-order valence-corrected chi connectivity index (χ1v) is 6.88. The van der Waals surface area contributed by atoms with E-state index in [1.807, 2.05) is 6.92 Å². The molecule has 0 aromatic carbocycles. The standard InChI is InChI=1S/C13H27N3O2/c1-11(2)12(3)14-13(18)10-16-6-4-15(5-7-16)8-9-17/h11-12,17H,4-10H2,1-3H3,(H,14,18). The Balaban J connectivity index is 2.22. The molecular weight excluding hydrogens is 230 g/mol. The number of carbonyl (C=O) groups excluding carboxylic acids is 1. The van der Waals surface area contributed by atoms with E-state index in [2.05, 4.69) is 29.0 Å². The Bertz CT molecular complexity index is 251. The van der Waals surface area contributed by atoms with Crippen LogP contribution in [0.15, 0.2) is 0 Å². The van der Waals surface area contributed by atoms with Crippen molar-refractivity contribution >= 4 is 5.91 Å². The van der Waals surface area contributed by atoms with Gasteiger partial charge in [-0.2, -0.15) is 0 Å². The molecular formula is C13H27N3O2. The fourth-order valence-corrected chi connectivity index (χ4v) is 1.98. The maximum Gasteiger partial charge on any atom is 0.234 e. The van der Waals surface area contributed by atoms with Gasteiger partial charge in [0.2, 0.25) is 5.91 Å². The van der Waals surface area contributed by atoms with E-state index in [1.54, 1.807) is 0 Å². The summed E-state index contributed by atoms with van der Waals surface area (Å²) in [4.78, 5) is 16.2. The van der Waals surface area contributed by atoms with E-state index in [9.17, 15) is 4.79 Å². The largest absolute Gasteiger partial charge is 0.395 e. The van der Waals surface area contributed by atoms with Crippen LogP contribution in [0.1, 0.15) is 20.8 Å². The number of aliphatic hydroxyl groups is 1. The van der Waals surface area contributed by atoms with Crippen molar-refractivity contribution in [2.45, 2.75) is 26.8 Å². The molecule has 1 atom stereocenters. The normalized spacial score (nSPS) is 20.1. The zero-order valence-electron chi connectivity index (χ0n) is 11.9. The number of piperazine rings is 1. The molecule has 0 saturated carbocycles. The van der Waals surface area contributed by atoms with Gasteiger partial charge in [0.1, 0.15) is 0 Å². The highest BCUT2D eigenvalue weighted by atomic mass is 16.3. The Labute approximate surface area is 110 Å². The van der Waals surface area contributed by atoms with Crippen LogP contribution in [0.2, 0.25) is 0 Å². The molecule has 1 rings (SSSR count). The van der Waals surface area contributed by atoms with E-state index in [1.165, 1.54) is 0 Å². The van der Waals surface area contributed by atoms with Gasteiger partial charge in [-0.05, 0) is 12.8 Å². The third-order valence-corrected chi connectivity index (χ3v) is 3.64. The highest BCUT2D eigenvalue weighted by molar-refractivity contribution is 5.78. The van der Waals surface area contributed by atoms with E-state index in [0.29, 0.717) is 12.5 Å². The fraction of sp³-hybridized carbons (Fsp3) is 0.923. The molecule has 1 saturated heterocycles. The number of rotatable bonds is 6. The number of amides is 1. The lowest BCUT2D eigenvalue weighted by Crippen LogP contribution is -2.51. The van der Waals surface area contributed by atoms with Crippen LogP contribution in [0.3, 0.4) is 0 Å². The van der Waals surface area contributed by atoms with Crippen molar-refractivity contribution in [2.24, 2.45) is 5.92 Å². The molecule has 0 spiro atoms. The van der Waals surface area contributed by atoms with Crippen molar-refractivity contribution in [3.63, 3.8) is 0 Å². The Morgan fingerprint density at radius 1 is 1.17 bits per heavy atom. The summed E-state index contributed by atoms with van der Waals surface area (Å²) in [6.07, 6.45) is 0. The number of β-amino-alcohol motifs (C(OH)–C–C–N with tert-alkyl or cyclic N) is 1. The zero-order valence-corrected chi connectivity index (χ0v) is 11.9. The summed E-state index contributed by atoms with van der Waals surface area (Å²) >= 11 is 0. The smallest absolute Gasteiger partial charge is 0.234 e. The summed E-state index contributed by atoms with van der Waals surface area (Å²) < 4.78 is 0. The number of nitrogens with zero attached hydrogens (tertiary/aromatic N) is 2. The third kappa shape index (κ3) is 5.33. The van der Waals surface area contributed by atoms with Gasteiger partial charge in [-0.1, -0.05) is 13.8 Å². The van der Waals surface area contributed by atoms with Gasteiger partial charge in [-0.3, -0.25) is 14.6 Å². The predicted molar refractivity (Wildman–Crippen MR) is 72.4 cm³/mol. The van der Waals surface area contributed by atoms with Gasteiger partial charge in [0.05, 0.1) is 13.2 Å². The van der Waals surface area contributed by atoms with E-state index < -0.39 is 0 Å². The van der Waals surface area contributed by atoms with Crippen LogP contribution in [0, 0.1) is 5.92 Å². The van der Waals surface area contributed by atoms with Crippen molar-refractivity contribution in [1.29, 1.82) is 0 Å². The average Bonchev–Trinajstić information content (AvgIpc) is 2.31. The SMILES string of the molecule is CC(C)C(C)NC(=O)CN1CCN(CCO)CC1. The Morgan fingerprint density at radius 3 is 2.22 bits per heavy atom. The highest BCUT2D eigenvalue weighted by Gasteiger charge is 2.19. The monoisotopic (exact) mass is 257 g/mol. The summed E-state index contributed by atoms with van der Waals surface area (Å²) in [5, 5.41) is 11.9. The van der Waals surface area contributed by atoms with Gasteiger partial charge >= 0.3 is 0 Å².